The topological polar surface area (TPSA) is 78.7 Å². The van der Waals surface area contributed by atoms with Gasteiger partial charge in [-0.15, -0.1) is 0 Å². The Morgan fingerprint density at radius 3 is 2.68 bits per heavy atom. The van der Waals surface area contributed by atoms with Crippen LogP contribution in [0.4, 0.5) is 10.0 Å². The minimum atomic E-state index is -0.356. The Morgan fingerprint density at radius 2 is 2.09 bits per heavy atom. The van der Waals surface area contributed by atoms with Gasteiger partial charge in [0.2, 0.25) is 5.91 Å². The van der Waals surface area contributed by atoms with Crippen LogP contribution in [0, 0.1) is 10.1 Å². The van der Waals surface area contributed by atoms with E-state index < -0.39 is 0 Å². The molecule has 1 amide bonds. The summed E-state index contributed by atoms with van der Waals surface area (Å²) in [5.41, 5.74) is 0. The van der Waals surface area contributed by atoms with Gasteiger partial charge in [0.05, 0.1) is 16.5 Å². The first-order valence-electron chi connectivity index (χ1n) is 7.58. The number of piperazine rings is 1. The highest BCUT2D eigenvalue weighted by molar-refractivity contribution is 7.19. The van der Waals surface area contributed by atoms with E-state index in [-0.39, 0.29) is 15.8 Å². The fraction of sp³-hybridized carbons (Fsp3) is 0.643. The van der Waals surface area contributed by atoms with E-state index in [9.17, 15) is 14.9 Å². The van der Waals surface area contributed by atoms with Gasteiger partial charge in [0.15, 0.2) is 0 Å². The molecule has 1 aromatic rings. The second-order valence-corrected chi connectivity index (χ2v) is 6.38. The number of thiophene rings is 1. The highest BCUT2D eigenvalue weighted by Gasteiger charge is 2.21. The van der Waals surface area contributed by atoms with Crippen LogP contribution in [0.1, 0.15) is 19.8 Å². The zero-order chi connectivity index (χ0) is 15.9. The van der Waals surface area contributed by atoms with Crippen LogP contribution in [-0.2, 0) is 4.79 Å². The van der Waals surface area contributed by atoms with E-state index in [0.717, 1.165) is 50.6 Å². The first-order chi connectivity index (χ1) is 10.6. The maximum absolute atomic E-state index is 11.8. The van der Waals surface area contributed by atoms with Gasteiger partial charge in [-0.1, -0.05) is 13.3 Å². The van der Waals surface area contributed by atoms with Crippen molar-refractivity contribution >= 4 is 27.2 Å². The number of nitrogens with one attached hydrogen (secondary N) is 1. The fourth-order valence-corrected chi connectivity index (χ4v) is 3.25. The molecule has 22 heavy (non-hydrogen) atoms. The standard InChI is InChI=1S/C14H22N4O3S/c1-2-3-6-15-12(19)11-16-7-9-17(10-8-16)13-4-5-14(22-13)18(20)21/h4-5H,2-3,6-11H2,1H3,(H,15,19). The summed E-state index contributed by atoms with van der Waals surface area (Å²) < 4.78 is 0. The molecule has 0 bridgehead atoms. The summed E-state index contributed by atoms with van der Waals surface area (Å²) in [5, 5.41) is 14.7. The van der Waals surface area contributed by atoms with Crippen molar-refractivity contribution in [3.8, 4) is 0 Å². The lowest BCUT2D eigenvalue weighted by Gasteiger charge is -2.34. The van der Waals surface area contributed by atoms with Gasteiger partial charge in [0.1, 0.15) is 0 Å². The lowest BCUT2D eigenvalue weighted by molar-refractivity contribution is -0.380. The molecule has 122 valence electrons. The fourth-order valence-electron chi connectivity index (χ4n) is 2.38. The van der Waals surface area contributed by atoms with Gasteiger partial charge < -0.3 is 10.2 Å². The number of hydrogen-bond acceptors (Lipinski definition) is 6. The Bertz CT molecular complexity index is 512. The van der Waals surface area contributed by atoms with Crippen LogP contribution in [0.3, 0.4) is 0 Å². The molecule has 0 saturated carbocycles. The van der Waals surface area contributed by atoms with Crippen molar-refractivity contribution < 1.29 is 9.72 Å². The lowest BCUT2D eigenvalue weighted by Crippen LogP contribution is -2.49. The Hall–Kier alpha value is -1.67. The predicted octanol–water partition coefficient (Wildman–Crippen LogP) is 1.69. The number of nitro groups is 1. The summed E-state index contributed by atoms with van der Waals surface area (Å²) in [7, 11) is 0. The van der Waals surface area contributed by atoms with Crippen LogP contribution in [0.25, 0.3) is 0 Å². The number of amides is 1. The molecule has 0 unspecified atom stereocenters. The molecule has 0 spiro atoms. The van der Waals surface area contributed by atoms with Crippen molar-refractivity contribution in [2.45, 2.75) is 19.8 Å². The molecule has 2 rings (SSSR count). The Labute approximate surface area is 134 Å². The number of rotatable bonds is 7. The second-order valence-electron chi connectivity index (χ2n) is 5.34. The monoisotopic (exact) mass is 326 g/mol. The molecule has 1 fully saturated rings. The third kappa shape index (κ3) is 4.67. The summed E-state index contributed by atoms with van der Waals surface area (Å²) in [6.45, 7) is 6.45. The smallest absolute Gasteiger partial charge is 0.326 e. The van der Waals surface area contributed by atoms with Crippen LogP contribution in [-0.4, -0.2) is 55.0 Å². The van der Waals surface area contributed by atoms with Gasteiger partial charge in [0, 0.05) is 38.8 Å². The average Bonchev–Trinajstić information content (AvgIpc) is 2.98. The van der Waals surface area contributed by atoms with Crippen LogP contribution < -0.4 is 10.2 Å². The van der Waals surface area contributed by atoms with Gasteiger partial charge in [-0.05, 0) is 23.8 Å². The van der Waals surface area contributed by atoms with Crippen LogP contribution in [0.5, 0.6) is 0 Å². The van der Waals surface area contributed by atoms with Crippen molar-refractivity contribution in [2.75, 3.05) is 44.2 Å². The molecule has 1 aliphatic heterocycles. The van der Waals surface area contributed by atoms with E-state index in [1.807, 2.05) is 0 Å². The van der Waals surface area contributed by atoms with E-state index in [2.05, 4.69) is 22.0 Å². The van der Waals surface area contributed by atoms with Gasteiger partial charge in [-0.2, -0.15) is 0 Å². The van der Waals surface area contributed by atoms with Crippen LogP contribution >= 0.6 is 11.3 Å². The van der Waals surface area contributed by atoms with Gasteiger partial charge in [0.25, 0.3) is 0 Å². The largest absolute Gasteiger partial charge is 0.361 e. The maximum Gasteiger partial charge on any atom is 0.326 e. The molecule has 0 aliphatic carbocycles. The summed E-state index contributed by atoms with van der Waals surface area (Å²) in [6, 6.07) is 3.35. The molecule has 0 atom stereocenters. The van der Waals surface area contributed by atoms with E-state index in [4.69, 9.17) is 0 Å². The zero-order valence-electron chi connectivity index (χ0n) is 12.8. The molecule has 8 heteroatoms. The number of hydrogen-bond donors (Lipinski definition) is 1. The minimum Gasteiger partial charge on any atom is -0.361 e. The van der Waals surface area contributed by atoms with Crippen LogP contribution in [0.2, 0.25) is 0 Å². The van der Waals surface area contributed by atoms with Gasteiger partial charge in [-0.3, -0.25) is 19.8 Å². The molecular weight excluding hydrogens is 304 g/mol. The van der Waals surface area contributed by atoms with Crippen LogP contribution in [0.15, 0.2) is 12.1 Å². The Balaban J connectivity index is 1.75. The van der Waals surface area contributed by atoms with Crippen molar-refractivity contribution in [3.63, 3.8) is 0 Å². The van der Waals surface area contributed by atoms with E-state index in [1.165, 1.54) is 11.3 Å². The SMILES string of the molecule is CCCCNC(=O)CN1CCN(c2ccc([N+](=O)[O-])s2)CC1. The molecule has 1 saturated heterocycles. The van der Waals surface area contributed by atoms with E-state index >= 15 is 0 Å². The molecule has 0 radical (unpaired) electrons. The summed E-state index contributed by atoms with van der Waals surface area (Å²) in [5.74, 6) is 0.0775. The molecule has 1 N–H and O–H groups in total. The third-order valence-corrected chi connectivity index (χ3v) is 4.76. The minimum absolute atomic E-state index is 0.0775. The van der Waals surface area contributed by atoms with Crippen molar-refractivity contribution in [3.05, 3.63) is 22.2 Å². The zero-order valence-corrected chi connectivity index (χ0v) is 13.6. The lowest BCUT2D eigenvalue weighted by atomic mass is 10.3. The molecule has 0 aromatic carbocycles. The number of carbonyl (C=O) groups is 1. The predicted molar refractivity (Wildman–Crippen MR) is 87.5 cm³/mol. The molecular formula is C14H22N4O3S. The highest BCUT2D eigenvalue weighted by atomic mass is 32.1. The summed E-state index contributed by atoms with van der Waals surface area (Å²) in [6.07, 6.45) is 2.09. The third-order valence-electron chi connectivity index (χ3n) is 3.66. The highest BCUT2D eigenvalue weighted by Crippen LogP contribution is 2.31. The van der Waals surface area contributed by atoms with E-state index in [0.29, 0.717) is 6.54 Å². The van der Waals surface area contributed by atoms with Gasteiger partial charge in [-0.25, -0.2) is 0 Å². The quantitative estimate of drug-likeness (QED) is 0.469. The van der Waals surface area contributed by atoms with Crippen molar-refractivity contribution in [1.82, 2.24) is 10.2 Å². The first-order valence-corrected chi connectivity index (χ1v) is 8.40. The molecule has 7 nitrogen and oxygen atoms in total. The summed E-state index contributed by atoms with van der Waals surface area (Å²) >= 11 is 1.21. The molecule has 2 heterocycles. The molecule has 1 aromatic heterocycles. The molecule has 1 aliphatic rings. The number of nitrogens with zero attached hydrogens (tertiary/aromatic N) is 3. The maximum atomic E-state index is 11.8. The van der Waals surface area contributed by atoms with Crippen molar-refractivity contribution in [2.24, 2.45) is 0 Å². The normalized spacial score (nSPS) is 15.8. The number of carbonyl (C=O) groups excluding carboxylic acids is 1. The first kappa shape index (κ1) is 16.7. The number of anilines is 1. The number of unbranched alkanes of at least 4 members (excludes halogenated alkanes) is 1. The summed E-state index contributed by atoms with van der Waals surface area (Å²) in [4.78, 5) is 26.4. The Kier molecular flexibility index (Phi) is 6.14. The van der Waals surface area contributed by atoms with E-state index in [1.54, 1.807) is 12.1 Å². The average molecular weight is 326 g/mol. The van der Waals surface area contributed by atoms with Crippen molar-refractivity contribution in [1.29, 1.82) is 0 Å². The second kappa shape index (κ2) is 8.09. The Morgan fingerprint density at radius 1 is 1.36 bits per heavy atom. The van der Waals surface area contributed by atoms with Gasteiger partial charge >= 0.3 is 5.00 Å².